The molecule has 2 amide bonds. The van der Waals surface area contributed by atoms with Gasteiger partial charge in [-0.2, -0.15) is 0 Å². The number of halogens is 2. The van der Waals surface area contributed by atoms with Crippen molar-refractivity contribution in [3.05, 3.63) is 69.9 Å². The fraction of sp³-hybridized carbons (Fsp3) is 0.364. The van der Waals surface area contributed by atoms with Crippen molar-refractivity contribution in [3.8, 4) is 0 Å². The number of piperidine rings is 1. The smallest absolute Gasteiger partial charge is 0.255 e. The molecule has 0 saturated carbocycles. The quantitative estimate of drug-likeness (QED) is 0.664. The van der Waals surface area contributed by atoms with Crippen molar-refractivity contribution in [1.29, 1.82) is 0 Å². The molecule has 0 unspecified atom stereocenters. The van der Waals surface area contributed by atoms with Crippen LogP contribution < -0.4 is 0 Å². The minimum absolute atomic E-state index is 0.0280. The number of nitrogens with zero attached hydrogens (tertiary/aromatic N) is 2. The molecule has 0 aromatic heterocycles. The summed E-state index contributed by atoms with van der Waals surface area (Å²) in [7, 11) is 0. The third-order valence-corrected chi connectivity index (χ3v) is 5.79. The third-order valence-electron chi connectivity index (χ3n) is 5.10. The summed E-state index contributed by atoms with van der Waals surface area (Å²) in [6.45, 7) is 3.85. The fourth-order valence-electron chi connectivity index (χ4n) is 3.65. The second-order valence-electron chi connectivity index (χ2n) is 7.01. The number of likely N-dealkylation sites (tertiary alicyclic amines) is 1. The highest BCUT2D eigenvalue weighted by Crippen LogP contribution is 2.25. The lowest BCUT2D eigenvalue weighted by Crippen LogP contribution is -2.49. The van der Waals surface area contributed by atoms with E-state index in [0.29, 0.717) is 35.2 Å². The van der Waals surface area contributed by atoms with Gasteiger partial charge in [-0.25, -0.2) is 4.39 Å². The zero-order chi connectivity index (χ0) is 20.1. The number of rotatable bonds is 5. The molecule has 3 rings (SSSR count). The van der Waals surface area contributed by atoms with E-state index in [1.165, 1.54) is 12.1 Å². The van der Waals surface area contributed by atoms with E-state index < -0.39 is 5.82 Å². The molecule has 0 bridgehead atoms. The van der Waals surface area contributed by atoms with Crippen LogP contribution in [0.25, 0.3) is 0 Å². The van der Waals surface area contributed by atoms with Gasteiger partial charge in [0, 0.05) is 35.7 Å². The molecule has 2 aromatic carbocycles. The molecule has 1 fully saturated rings. The second-order valence-corrected chi connectivity index (χ2v) is 7.87. The molecule has 1 aliphatic heterocycles. The molecule has 4 nitrogen and oxygen atoms in total. The van der Waals surface area contributed by atoms with Crippen molar-refractivity contribution in [1.82, 2.24) is 9.80 Å². The van der Waals surface area contributed by atoms with E-state index in [2.05, 4.69) is 15.9 Å². The highest BCUT2D eigenvalue weighted by molar-refractivity contribution is 9.10. The van der Waals surface area contributed by atoms with Gasteiger partial charge >= 0.3 is 0 Å². The van der Waals surface area contributed by atoms with Crippen molar-refractivity contribution in [3.63, 3.8) is 0 Å². The summed E-state index contributed by atoms with van der Waals surface area (Å²) < 4.78 is 14.3. The zero-order valence-electron chi connectivity index (χ0n) is 15.9. The van der Waals surface area contributed by atoms with E-state index in [4.69, 9.17) is 0 Å². The van der Waals surface area contributed by atoms with Crippen LogP contribution in [-0.4, -0.2) is 47.3 Å². The summed E-state index contributed by atoms with van der Waals surface area (Å²) in [5.41, 5.74) is 1.03. The van der Waals surface area contributed by atoms with Gasteiger partial charge in [0.2, 0.25) is 0 Å². The number of hydrogen-bond donors (Lipinski definition) is 0. The molecule has 0 radical (unpaired) electrons. The minimum atomic E-state index is -0.425. The van der Waals surface area contributed by atoms with Crippen LogP contribution in [0.15, 0.2) is 53.0 Å². The Morgan fingerprint density at radius 2 is 1.82 bits per heavy atom. The Balaban J connectivity index is 1.70. The number of carbonyl (C=O) groups is 2. The van der Waals surface area contributed by atoms with Gasteiger partial charge in [0.15, 0.2) is 0 Å². The maximum Gasteiger partial charge on any atom is 0.255 e. The molecule has 2 aromatic rings. The van der Waals surface area contributed by atoms with Gasteiger partial charge in [-0.05, 0) is 65.5 Å². The lowest BCUT2D eigenvalue weighted by atomic mass is 10.0. The van der Waals surface area contributed by atoms with Crippen molar-refractivity contribution in [2.45, 2.75) is 32.2 Å². The lowest BCUT2D eigenvalue weighted by Gasteiger charge is -2.38. The first kappa shape index (κ1) is 20.5. The summed E-state index contributed by atoms with van der Waals surface area (Å²) in [4.78, 5) is 29.4. The van der Waals surface area contributed by atoms with Crippen LogP contribution in [0.3, 0.4) is 0 Å². The largest absolute Gasteiger partial charge is 0.338 e. The van der Waals surface area contributed by atoms with E-state index in [-0.39, 0.29) is 17.9 Å². The molecular weight excluding hydrogens is 423 g/mol. The third kappa shape index (κ3) is 4.61. The van der Waals surface area contributed by atoms with E-state index in [9.17, 15) is 14.0 Å². The predicted molar refractivity (Wildman–Crippen MR) is 111 cm³/mol. The average Bonchev–Trinajstić information content (AvgIpc) is 2.73. The maximum atomic E-state index is 13.7. The van der Waals surface area contributed by atoms with Crippen LogP contribution in [0.2, 0.25) is 0 Å². The summed E-state index contributed by atoms with van der Waals surface area (Å²) >= 11 is 3.36. The summed E-state index contributed by atoms with van der Waals surface area (Å²) in [6.07, 6.45) is 2.26. The zero-order valence-corrected chi connectivity index (χ0v) is 17.5. The number of amides is 2. The monoisotopic (exact) mass is 446 g/mol. The summed E-state index contributed by atoms with van der Waals surface area (Å²) in [5, 5.41) is 0. The topological polar surface area (TPSA) is 40.6 Å². The van der Waals surface area contributed by atoms with Gasteiger partial charge in [-0.3, -0.25) is 9.59 Å². The summed E-state index contributed by atoms with van der Waals surface area (Å²) in [5.74, 6) is -0.562. The Labute approximate surface area is 173 Å². The highest BCUT2D eigenvalue weighted by Gasteiger charge is 2.30. The number of benzene rings is 2. The molecule has 0 N–H and O–H groups in total. The van der Waals surface area contributed by atoms with Gasteiger partial charge in [-0.1, -0.05) is 25.1 Å². The van der Waals surface area contributed by atoms with Gasteiger partial charge in [0.25, 0.3) is 11.8 Å². The number of hydrogen-bond acceptors (Lipinski definition) is 2. The highest BCUT2D eigenvalue weighted by atomic mass is 79.9. The van der Waals surface area contributed by atoms with E-state index in [0.717, 1.165) is 19.3 Å². The minimum Gasteiger partial charge on any atom is -0.338 e. The lowest BCUT2D eigenvalue weighted by molar-refractivity contribution is 0.0518. The van der Waals surface area contributed by atoms with Crippen LogP contribution in [0.1, 0.15) is 46.9 Å². The normalized spacial score (nSPS) is 14.8. The van der Waals surface area contributed by atoms with E-state index in [1.54, 1.807) is 6.07 Å². The SMILES string of the molecule is CCCN(C(=O)c1cc(F)ccc1Br)C1CCN(C(=O)c2ccccc2)CC1. The van der Waals surface area contributed by atoms with Crippen LogP contribution >= 0.6 is 15.9 Å². The van der Waals surface area contributed by atoms with E-state index >= 15 is 0 Å². The Morgan fingerprint density at radius 1 is 1.14 bits per heavy atom. The molecule has 1 heterocycles. The first-order valence-electron chi connectivity index (χ1n) is 9.61. The molecule has 0 spiro atoms. The van der Waals surface area contributed by atoms with E-state index in [1.807, 2.05) is 47.1 Å². The Bertz CT molecular complexity index is 836. The molecule has 148 valence electrons. The molecule has 28 heavy (non-hydrogen) atoms. The second kappa shape index (κ2) is 9.32. The Hall–Kier alpha value is -2.21. The van der Waals surface area contributed by atoms with Crippen molar-refractivity contribution in [2.75, 3.05) is 19.6 Å². The molecule has 0 atom stereocenters. The molecule has 1 saturated heterocycles. The van der Waals surface area contributed by atoms with Gasteiger partial charge in [0.1, 0.15) is 5.82 Å². The maximum absolute atomic E-state index is 13.7. The van der Waals surface area contributed by atoms with Crippen molar-refractivity contribution < 1.29 is 14.0 Å². The van der Waals surface area contributed by atoms with Crippen molar-refractivity contribution in [2.24, 2.45) is 0 Å². The fourth-order valence-corrected chi connectivity index (χ4v) is 4.07. The van der Waals surface area contributed by atoms with Crippen LogP contribution in [0.5, 0.6) is 0 Å². The summed E-state index contributed by atoms with van der Waals surface area (Å²) in [6, 6.07) is 13.5. The average molecular weight is 447 g/mol. The van der Waals surface area contributed by atoms with Crippen LogP contribution in [0, 0.1) is 5.82 Å². The first-order chi connectivity index (χ1) is 13.5. The van der Waals surface area contributed by atoms with Gasteiger partial charge in [-0.15, -0.1) is 0 Å². The number of carbonyl (C=O) groups excluding carboxylic acids is 2. The van der Waals surface area contributed by atoms with Gasteiger partial charge < -0.3 is 9.80 Å². The molecular formula is C22H24BrFN2O2. The predicted octanol–water partition coefficient (Wildman–Crippen LogP) is 4.75. The van der Waals surface area contributed by atoms with Gasteiger partial charge in [0.05, 0.1) is 5.56 Å². The van der Waals surface area contributed by atoms with Crippen molar-refractivity contribution >= 4 is 27.7 Å². The Kier molecular flexibility index (Phi) is 6.83. The molecule has 0 aliphatic carbocycles. The molecule has 1 aliphatic rings. The molecule has 6 heteroatoms. The standard InChI is InChI=1S/C22H24BrFN2O2/c1-2-12-26(22(28)19-15-17(24)8-9-20(19)23)18-10-13-25(14-11-18)21(27)16-6-4-3-5-7-16/h3-9,15,18H,2,10-14H2,1H3. The van der Waals surface area contributed by atoms with Crippen LogP contribution in [-0.2, 0) is 0 Å². The Morgan fingerprint density at radius 3 is 2.46 bits per heavy atom. The first-order valence-corrected chi connectivity index (χ1v) is 10.4. The van der Waals surface area contributed by atoms with Crippen LogP contribution in [0.4, 0.5) is 4.39 Å².